The topological polar surface area (TPSA) is 15.3 Å². The van der Waals surface area contributed by atoms with Crippen LogP contribution >= 0.6 is 0 Å². The van der Waals surface area contributed by atoms with Crippen molar-refractivity contribution in [2.45, 2.75) is 65.7 Å². The van der Waals surface area contributed by atoms with E-state index in [9.17, 15) is 0 Å². The van der Waals surface area contributed by atoms with E-state index in [1.54, 1.807) is 0 Å². The molecule has 114 valence electrons. The molecule has 0 aliphatic heterocycles. The van der Waals surface area contributed by atoms with Crippen LogP contribution in [0.1, 0.15) is 65.7 Å². The predicted molar refractivity (Wildman–Crippen MR) is 85.6 cm³/mol. The van der Waals surface area contributed by atoms with E-state index < -0.39 is 0 Å². The van der Waals surface area contributed by atoms with Gasteiger partial charge in [-0.05, 0) is 70.1 Å². The van der Waals surface area contributed by atoms with Crippen molar-refractivity contribution >= 4 is 0 Å². The van der Waals surface area contributed by atoms with Gasteiger partial charge in [0.25, 0.3) is 0 Å². The lowest BCUT2D eigenvalue weighted by molar-refractivity contribution is 0.257. The number of hydrogen-bond acceptors (Lipinski definition) is 2. The first-order chi connectivity index (χ1) is 9.22. The van der Waals surface area contributed by atoms with Gasteiger partial charge in [-0.15, -0.1) is 0 Å². The predicted octanol–water partition coefficient (Wildman–Crippen LogP) is 3.91. The highest BCUT2D eigenvalue weighted by molar-refractivity contribution is 4.77. The fourth-order valence-electron chi connectivity index (χ4n) is 2.61. The van der Waals surface area contributed by atoms with Gasteiger partial charge in [-0.1, -0.05) is 33.6 Å². The fourth-order valence-corrected chi connectivity index (χ4v) is 2.61. The largest absolute Gasteiger partial charge is 0.316 e. The molecule has 0 radical (unpaired) electrons. The normalized spacial score (nSPS) is 15.6. The minimum atomic E-state index is 0.782. The maximum absolute atomic E-state index is 3.53. The Bertz CT molecular complexity index is 199. The zero-order valence-corrected chi connectivity index (χ0v) is 13.6. The summed E-state index contributed by atoms with van der Waals surface area (Å²) in [5, 5.41) is 3.53. The average Bonchev–Trinajstić information content (AvgIpc) is 3.16. The van der Waals surface area contributed by atoms with Gasteiger partial charge >= 0.3 is 0 Å². The number of rotatable bonds is 13. The molecule has 0 aromatic heterocycles. The van der Waals surface area contributed by atoms with Crippen molar-refractivity contribution in [2.24, 2.45) is 11.8 Å². The Hall–Kier alpha value is -0.0800. The van der Waals surface area contributed by atoms with Crippen LogP contribution in [0.3, 0.4) is 0 Å². The van der Waals surface area contributed by atoms with E-state index >= 15 is 0 Å². The summed E-state index contributed by atoms with van der Waals surface area (Å²) in [6.07, 6.45) is 9.85. The smallest absolute Gasteiger partial charge is 0.000966 e. The van der Waals surface area contributed by atoms with Gasteiger partial charge in [0.2, 0.25) is 0 Å². The van der Waals surface area contributed by atoms with Gasteiger partial charge in [0, 0.05) is 6.54 Å². The van der Waals surface area contributed by atoms with Gasteiger partial charge in [0.15, 0.2) is 0 Å². The van der Waals surface area contributed by atoms with E-state index in [1.165, 1.54) is 77.7 Å². The maximum atomic E-state index is 3.53. The second kappa shape index (κ2) is 10.7. The molecule has 1 rings (SSSR count). The van der Waals surface area contributed by atoms with Crippen LogP contribution in [0.2, 0.25) is 0 Å². The molecule has 0 amide bonds. The van der Waals surface area contributed by atoms with E-state index in [4.69, 9.17) is 0 Å². The zero-order chi connectivity index (χ0) is 13.9. The summed E-state index contributed by atoms with van der Waals surface area (Å²) in [4.78, 5) is 2.70. The van der Waals surface area contributed by atoms with Crippen molar-refractivity contribution in [3.63, 3.8) is 0 Å². The third-order valence-corrected chi connectivity index (χ3v) is 3.88. The Balaban J connectivity index is 1.87. The molecule has 0 aromatic rings. The second-order valence-electron chi connectivity index (χ2n) is 6.76. The van der Waals surface area contributed by atoms with Crippen molar-refractivity contribution in [1.82, 2.24) is 10.2 Å². The standard InChI is InChI=1S/C17H36N2/c1-4-12-19(15-17-9-10-17)13-8-6-5-7-11-18-14-16(2)3/h16-18H,4-15H2,1-3H3. The molecule has 0 aromatic carbocycles. The lowest BCUT2D eigenvalue weighted by atomic mass is 10.1. The van der Waals surface area contributed by atoms with Gasteiger partial charge in [-0.25, -0.2) is 0 Å². The molecular weight excluding hydrogens is 232 g/mol. The minimum Gasteiger partial charge on any atom is -0.316 e. The molecule has 1 fully saturated rings. The first-order valence-corrected chi connectivity index (χ1v) is 8.65. The fraction of sp³-hybridized carbons (Fsp3) is 1.00. The van der Waals surface area contributed by atoms with E-state index in [0.29, 0.717) is 0 Å². The minimum absolute atomic E-state index is 0.782. The van der Waals surface area contributed by atoms with Crippen molar-refractivity contribution in [1.29, 1.82) is 0 Å². The van der Waals surface area contributed by atoms with Gasteiger partial charge in [0.05, 0.1) is 0 Å². The van der Waals surface area contributed by atoms with Crippen molar-refractivity contribution < 1.29 is 0 Å². The summed E-state index contributed by atoms with van der Waals surface area (Å²) < 4.78 is 0. The first-order valence-electron chi connectivity index (χ1n) is 8.65. The lowest BCUT2D eigenvalue weighted by Gasteiger charge is -2.21. The monoisotopic (exact) mass is 268 g/mol. The molecule has 1 saturated carbocycles. The van der Waals surface area contributed by atoms with E-state index in [1.807, 2.05) is 0 Å². The average molecular weight is 268 g/mol. The summed E-state index contributed by atoms with van der Waals surface area (Å²) in [6.45, 7) is 13.3. The van der Waals surface area contributed by atoms with Crippen LogP contribution in [0.15, 0.2) is 0 Å². The molecule has 1 aliphatic rings. The number of hydrogen-bond donors (Lipinski definition) is 1. The van der Waals surface area contributed by atoms with Crippen molar-refractivity contribution in [3.8, 4) is 0 Å². The molecular formula is C17H36N2. The maximum Gasteiger partial charge on any atom is 0.000966 e. The number of nitrogens with zero attached hydrogens (tertiary/aromatic N) is 1. The van der Waals surface area contributed by atoms with Crippen LogP contribution in [-0.4, -0.2) is 37.6 Å². The summed E-state index contributed by atoms with van der Waals surface area (Å²) in [6, 6.07) is 0. The first kappa shape index (κ1) is 17.0. The van der Waals surface area contributed by atoms with Crippen molar-refractivity contribution in [3.05, 3.63) is 0 Å². The highest BCUT2D eigenvalue weighted by Crippen LogP contribution is 2.29. The van der Waals surface area contributed by atoms with Gasteiger partial charge < -0.3 is 10.2 Å². The van der Waals surface area contributed by atoms with Crippen LogP contribution < -0.4 is 5.32 Å². The molecule has 0 atom stereocenters. The Morgan fingerprint density at radius 2 is 1.79 bits per heavy atom. The molecule has 0 unspecified atom stereocenters. The molecule has 2 nitrogen and oxygen atoms in total. The van der Waals surface area contributed by atoms with E-state index in [2.05, 4.69) is 31.0 Å². The van der Waals surface area contributed by atoms with Gasteiger partial charge in [0.1, 0.15) is 0 Å². The summed E-state index contributed by atoms with van der Waals surface area (Å²) >= 11 is 0. The van der Waals surface area contributed by atoms with Gasteiger partial charge in [-0.2, -0.15) is 0 Å². The third-order valence-electron chi connectivity index (χ3n) is 3.88. The van der Waals surface area contributed by atoms with Crippen LogP contribution in [0.4, 0.5) is 0 Å². The summed E-state index contributed by atoms with van der Waals surface area (Å²) in [5.74, 6) is 1.83. The Kier molecular flexibility index (Phi) is 9.54. The molecule has 1 aliphatic carbocycles. The highest BCUT2D eigenvalue weighted by Gasteiger charge is 2.23. The highest BCUT2D eigenvalue weighted by atomic mass is 15.1. The zero-order valence-electron chi connectivity index (χ0n) is 13.6. The SMILES string of the molecule is CCCN(CCCCCCNCC(C)C)CC1CC1. The third kappa shape index (κ3) is 10.4. The molecule has 1 N–H and O–H groups in total. The molecule has 2 heteroatoms. The summed E-state index contributed by atoms with van der Waals surface area (Å²) in [7, 11) is 0. The molecule has 0 spiro atoms. The Morgan fingerprint density at radius 1 is 1.05 bits per heavy atom. The van der Waals surface area contributed by atoms with E-state index in [-0.39, 0.29) is 0 Å². The molecule has 0 heterocycles. The Labute approximate surface area is 121 Å². The van der Waals surface area contributed by atoms with Gasteiger partial charge in [-0.3, -0.25) is 0 Å². The van der Waals surface area contributed by atoms with Crippen LogP contribution in [0.25, 0.3) is 0 Å². The van der Waals surface area contributed by atoms with E-state index in [0.717, 1.165) is 11.8 Å². The summed E-state index contributed by atoms with van der Waals surface area (Å²) in [5.41, 5.74) is 0. The molecule has 0 bridgehead atoms. The van der Waals surface area contributed by atoms with Crippen LogP contribution in [0.5, 0.6) is 0 Å². The quantitative estimate of drug-likeness (QED) is 0.509. The number of unbranched alkanes of at least 4 members (excludes halogenated alkanes) is 3. The lowest BCUT2D eigenvalue weighted by Crippen LogP contribution is -2.28. The van der Waals surface area contributed by atoms with Crippen LogP contribution in [-0.2, 0) is 0 Å². The van der Waals surface area contributed by atoms with Crippen molar-refractivity contribution in [2.75, 3.05) is 32.7 Å². The number of nitrogens with one attached hydrogen (secondary N) is 1. The second-order valence-corrected chi connectivity index (χ2v) is 6.76. The molecule has 19 heavy (non-hydrogen) atoms. The van der Waals surface area contributed by atoms with Crippen LogP contribution in [0, 0.1) is 11.8 Å². The molecule has 0 saturated heterocycles. The Morgan fingerprint density at radius 3 is 2.42 bits per heavy atom.